The lowest BCUT2D eigenvalue weighted by molar-refractivity contribution is -0.121. The maximum atomic E-state index is 12.1. The fraction of sp³-hybridized carbons (Fsp3) is 0.278. The summed E-state index contributed by atoms with van der Waals surface area (Å²) in [6, 6.07) is 12.2. The van der Waals surface area contributed by atoms with Crippen molar-refractivity contribution in [3.8, 4) is 17.2 Å². The molecule has 5 heteroatoms. The van der Waals surface area contributed by atoms with Gasteiger partial charge in [0.25, 0.3) is 0 Å². The molecule has 1 aliphatic heterocycles. The van der Waals surface area contributed by atoms with Gasteiger partial charge in [0, 0.05) is 0 Å². The number of amides is 1. The Balaban J connectivity index is 1.63. The summed E-state index contributed by atoms with van der Waals surface area (Å²) in [6.07, 6.45) is 0.273. The SMILES string of the molecule is CC(NC(=O)Cc1ccc(O)cc1)c1ccc2c(c1)OCCO2. The van der Waals surface area contributed by atoms with E-state index in [9.17, 15) is 9.90 Å². The molecule has 0 saturated carbocycles. The Morgan fingerprint density at radius 3 is 2.57 bits per heavy atom. The standard InChI is InChI=1S/C18H19NO4/c1-12(14-4-7-16-17(11-14)23-9-8-22-16)19-18(21)10-13-2-5-15(20)6-3-13/h2-7,11-12,20H,8-10H2,1H3,(H,19,21). The van der Waals surface area contributed by atoms with Crippen LogP contribution in [0.15, 0.2) is 42.5 Å². The molecule has 2 aromatic rings. The summed E-state index contributed by atoms with van der Waals surface area (Å²) in [5.41, 5.74) is 1.82. The number of hydrogen-bond acceptors (Lipinski definition) is 4. The predicted molar refractivity (Wildman–Crippen MR) is 85.8 cm³/mol. The zero-order valence-corrected chi connectivity index (χ0v) is 12.9. The number of rotatable bonds is 4. The number of carbonyl (C=O) groups excluding carboxylic acids is 1. The lowest BCUT2D eigenvalue weighted by atomic mass is 10.1. The van der Waals surface area contributed by atoms with Gasteiger partial charge in [-0.15, -0.1) is 0 Å². The van der Waals surface area contributed by atoms with Crippen molar-refractivity contribution in [1.29, 1.82) is 0 Å². The fourth-order valence-electron chi connectivity index (χ4n) is 2.50. The first-order valence-electron chi connectivity index (χ1n) is 7.58. The highest BCUT2D eigenvalue weighted by Crippen LogP contribution is 2.32. The molecule has 2 aromatic carbocycles. The largest absolute Gasteiger partial charge is 0.508 e. The second-order valence-corrected chi connectivity index (χ2v) is 5.54. The molecule has 0 bridgehead atoms. The van der Waals surface area contributed by atoms with Gasteiger partial charge in [0.15, 0.2) is 11.5 Å². The normalized spacial score (nSPS) is 14.1. The number of fused-ring (bicyclic) bond motifs is 1. The topological polar surface area (TPSA) is 67.8 Å². The molecule has 0 spiro atoms. The number of phenols is 1. The van der Waals surface area contributed by atoms with Crippen LogP contribution in [0, 0.1) is 0 Å². The first kappa shape index (κ1) is 15.2. The third-order valence-electron chi connectivity index (χ3n) is 3.74. The molecule has 1 amide bonds. The maximum Gasteiger partial charge on any atom is 0.224 e. The van der Waals surface area contributed by atoms with E-state index < -0.39 is 0 Å². The van der Waals surface area contributed by atoms with Crippen molar-refractivity contribution in [1.82, 2.24) is 5.32 Å². The minimum atomic E-state index is -0.129. The van der Waals surface area contributed by atoms with Gasteiger partial charge in [0.1, 0.15) is 19.0 Å². The molecule has 0 fully saturated rings. The molecule has 0 aromatic heterocycles. The summed E-state index contributed by atoms with van der Waals surface area (Å²) in [6.45, 7) is 3.03. The van der Waals surface area contributed by atoms with Crippen LogP contribution < -0.4 is 14.8 Å². The van der Waals surface area contributed by atoms with Gasteiger partial charge in [-0.25, -0.2) is 0 Å². The molecule has 23 heavy (non-hydrogen) atoms. The lowest BCUT2D eigenvalue weighted by Crippen LogP contribution is -2.28. The Hall–Kier alpha value is -2.69. The molecule has 3 rings (SSSR count). The minimum Gasteiger partial charge on any atom is -0.508 e. The molecule has 0 radical (unpaired) electrons. The molecule has 0 aliphatic carbocycles. The highest BCUT2D eigenvalue weighted by molar-refractivity contribution is 5.79. The molecule has 1 aliphatic rings. The van der Waals surface area contributed by atoms with E-state index in [4.69, 9.17) is 9.47 Å². The minimum absolute atomic E-state index is 0.0712. The summed E-state index contributed by atoms with van der Waals surface area (Å²) in [5, 5.41) is 12.2. The van der Waals surface area contributed by atoms with Crippen LogP contribution in [0.25, 0.3) is 0 Å². The highest BCUT2D eigenvalue weighted by Gasteiger charge is 2.16. The molecule has 1 atom stereocenters. The van der Waals surface area contributed by atoms with Crippen LogP contribution in [0.4, 0.5) is 0 Å². The van der Waals surface area contributed by atoms with Crippen LogP contribution in [-0.4, -0.2) is 24.2 Å². The molecule has 5 nitrogen and oxygen atoms in total. The van der Waals surface area contributed by atoms with E-state index >= 15 is 0 Å². The van der Waals surface area contributed by atoms with E-state index in [0.29, 0.717) is 19.0 Å². The van der Waals surface area contributed by atoms with Crippen molar-refractivity contribution >= 4 is 5.91 Å². The smallest absolute Gasteiger partial charge is 0.224 e. The van der Waals surface area contributed by atoms with E-state index in [1.54, 1.807) is 24.3 Å². The molecular formula is C18H19NO4. The van der Waals surface area contributed by atoms with Crippen LogP contribution in [0.1, 0.15) is 24.1 Å². The second-order valence-electron chi connectivity index (χ2n) is 5.54. The van der Waals surface area contributed by atoms with Gasteiger partial charge < -0.3 is 19.9 Å². The summed E-state index contributed by atoms with van der Waals surface area (Å²) >= 11 is 0. The molecule has 2 N–H and O–H groups in total. The number of phenolic OH excluding ortho intramolecular Hbond substituents is 1. The zero-order chi connectivity index (χ0) is 16.2. The van der Waals surface area contributed by atoms with Crippen LogP contribution in [-0.2, 0) is 11.2 Å². The second kappa shape index (κ2) is 6.60. The van der Waals surface area contributed by atoms with Gasteiger partial charge in [0.2, 0.25) is 5.91 Å². The Labute approximate surface area is 134 Å². The van der Waals surface area contributed by atoms with E-state index in [0.717, 1.165) is 16.9 Å². The van der Waals surface area contributed by atoms with Crippen molar-refractivity contribution in [2.45, 2.75) is 19.4 Å². The molecular weight excluding hydrogens is 294 g/mol. The van der Waals surface area contributed by atoms with Crippen molar-refractivity contribution < 1.29 is 19.4 Å². The van der Waals surface area contributed by atoms with Gasteiger partial charge in [-0.05, 0) is 42.3 Å². The van der Waals surface area contributed by atoms with E-state index in [1.807, 2.05) is 25.1 Å². The van der Waals surface area contributed by atoms with Crippen molar-refractivity contribution in [2.75, 3.05) is 13.2 Å². The van der Waals surface area contributed by atoms with Crippen LogP contribution in [0.5, 0.6) is 17.2 Å². The molecule has 1 unspecified atom stereocenters. The van der Waals surface area contributed by atoms with Gasteiger partial charge in [-0.2, -0.15) is 0 Å². The number of aromatic hydroxyl groups is 1. The Kier molecular flexibility index (Phi) is 4.37. The summed E-state index contributed by atoms with van der Waals surface area (Å²) in [4.78, 5) is 12.1. The zero-order valence-electron chi connectivity index (χ0n) is 12.9. The van der Waals surface area contributed by atoms with Crippen LogP contribution in [0.2, 0.25) is 0 Å². The van der Waals surface area contributed by atoms with Gasteiger partial charge >= 0.3 is 0 Å². The predicted octanol–water partition coefficient (Wildman–Crippen LogP) is 2.58. The molecule has 1 heterocycles. The van der Waals surface area contributed by atoms with Crippen LogP contribution >= 0.6 is 0 Å². The van der Waals surface area contributed by atoms with Crippen molar-refractivity contribution in [3.05, 3.63) is 53.6 Å². The lowest BCUT2D eigenvalue weighted by Gasteiger charge is -2.21. The first-order chi connectivity index (χ1) is 11.1. The highest BCUT2D eigenvalue weighted by atomic mass is 16.6. The number of carbonyl (C=O) groups is 1. The molecule has 120 valence electrons. The average molecular weight is 313 g/mol. The van der Waals surface area contributed by atoms with E-state index in [2.05, 4.69) is 5.32 Å². The third kappa shape index (κ3) is 3.74. The van der Waals surface area contributed by atoms with Crippen molar-refractivity contribution in [2.24, 2.45) is 0 Å². The van der Waals surface area contributed by atoms with E-state index in [1.165, 1.54) is 0 Å². The summed E-state index contributed by atoms with van der Waals surface area (Å²) in [5.74, 6) is 1.58. The third-order valence-corrected chi connectivity index (χ3v) is 3.74. The van der Waals surface area contributed by atoms with Gasteiger partial charge in [0.05, 0.1) is 12.5 Å². The quantitative estimate of drug-likeness (QED) is 0.910. The Bertz CT molecular complexity index is 697. The molecule has 0 saturated heterocycles. The first-order valence-corrected chi connectivity index (χ1v) is 7.58. The fourth-order valence-corrected chi connectivity index (χ4v) is 2.50. The van der Waals surface area contributed by atoms with Crippen molar-refractivity contribution in [3.63, 3.8) is 0 Å². The van der Waals surface area contributed by atoms with Gasteiger partial charge in [-0.3, -0.25) is 4.79 Å². The Morgan fingerprint density at radius 2 is 1.83 bits per heavy atom. The van der Waals surface area contributed by atoms with Crippen LogP contribution in [0.3, 0.4) is 0 Å². The number of ether oxygens (including phenoxy) is 2. The maximum absolute atomic E-state index is 12.1. The Morgan fingerprint density at radius 1 is 1.13 bits per heavy atom. The number of benzene rings is 2. The summed E-state index contributed by atoms with van der Waals surface area (Å²) in [7, 11) is 0. The van der Waals surface area contributed by atoms with Gasteiger partial charge in [-0.1, -0.05) is 18.2 Å². The number of hydrogen-bond donors (Lipinski definition) is 2. The van der Waals surface area contributed by atoms with E-state index in [-0.39, 0.29) is 24.1 Å². The number of nitrogens with one attached hydrogen (secondary N) is 1. The average Bonchev–Trinajstić information content (AvgIpc) is 2.56. The summed E-state index contributed by atoms with van der Waals surface area (Å²) < 4.78 is 11.1. The monoisotopic (exact) mass is 313 g/mol.